The number of aryl methyl sites for hydroxylation is 2. The fourth-order valence-electron chi connectivity index (χ4n) is 2.72. The first-order chi connectivity index (χ1) is 9.54. The van der Waals surface area contributed by atoms with Gasteiger partial charge in [-0.25, -0.2) is 0 Å². The fourth-order valence-corrected chi connectivity index (χ4v) is 2.72. The molecule has 5 nitrogen and oxygen atoms in total. The number of nitrogens with two attached hydrogens (primary N) is 1. The highest BCUT2D eigenvalue weighted by atomic mass is 16.5. The van der Waals surface area contributed by atoms with Crippen LogP contribution in [0.25, 0.3) is 22.2 Å². The highest BCUT2D eigenvalue weighted by molar-refractivity contribution is 6.02. The van der Waals surface area contributed by atoms with E-state index in [1.165, 1.54) is 5.56 Å². The van der Waals surface area contributed by atoms with E-state index < -0.39 is 0 Å². The second-order valence-electron chi connectivity index (χ2n) is 4.94. The summed E-state index contributed by atoms with van der Waals surface area (Å²) in [4.78, 5) is 0. The number of nitrogens with zero attached hydrogens (tertiary/aromatic N) is 2. The third kappa shape index (κ3) is 1.59. The summed E-state index contributed by atoms with van der Waals surface area (Å²) in [6, 6.07) is 5.78. The minimum Gasteiger partial charge on any atom is -0.495 e. The van der Waals surface area contributed by atoms with Crippen LogP contribution in [0.4, 0.5) is 5.88 Å². The van der Waals surface area contributed by atoms with Crippen molar-refractivity contribution in [1.82, 2.24) is 9.72 Å². The molecule has 2 aromatic heterocycles. The van der Waals surface area contributed by atoms with Gasteiger partial charge in [0.2, 0.25) is 5.88 Å². The molecule has 0 fully saturated rings. The maximum Gasteiger partial charge on any atom is 0.222 e. The summed E-state index contributed by atoms with van der Waals surface area (Å²) in [5.74, 6) is 1.16. The van der Waals surface area contributed by atoms with Crippen LogP contribution in [-0.2, 0) is 7.05 Å². The van der Waals surface area contributed by atoms with Gasteiger partial charge >= 0.3 is 0 Å². The van der Waals surface area contributed by atoms with Gasteiger partial charge in [0.15, 0.2) is 0 Å². The van der Waals surface area contributed by atoms with Gasteiger partial charge in [-0.3, -0.25) is 0 Å². The largest absolute Gasteiger partial charge is 0.495 e. The zero-order chi connectivity index (χ0) is 14.4. The van der Waals surface area contributed by atoms with E-state index in [0.29, 0.717) is 5.88 Å². The predicted molar refractivity (Wildman–Crippen MR) is 78.9 cm³/mol. The first-order valence-corrected chi connectivity index (χ1v) is 6.39. The number of fused-ring (bicyclic) bond motifs is 1. The average molecular weight is 271 g/mol. The van der Waals surface area contributed by atoms with E-state index in [9.17, 15) is 0 Å². The maximum absolute atomic E-state index is 5.65. The minimum absolute atomic E-state index is 0.317. The molecule has 104 valence electrons. The molecule has 0 saturated carbocycles. The first kappa shape index (κ1) is 12.6. The number of rotatable bonds is 2. The van der Waals surface area contributed by atoms with Crippen molar-refractivity contribution in [2.45, 2.75) is 13.8 Å². The summed E-state index contributed by atoms with van der Waals surface area (Å²) < 4.78 is 12.6. The van der Waals surface area contributed by atoms with E-state index in [1.807, 2.05) is 19.2 Å². The van der Waals surface area contributed by atoms with E-state index in [2.05, 4.69) is 23.6 Å². The Morgan fingerprint density at radius 3 is 2.65 bits per heavy atom. The monoisotopic (exact) mass is 271 g/mol. The van der Waals surface area contributed by atoms with Gasteiger partial charge in [-0.2, -0.15) is 0 Å². The van der Waals surface area contributed by atoms with Crippen LogP contribution in [0.2, 0.25) is 0 Å². The number of ether oxygens (including phenoxy) is 1. The van der Waals surface area contributed by atoms with Crippen LogP contribution in [0.1, 0.15) is 11.3 Å². The normalized spacial score (nSPS) is 11.2. The van der Waals surface area contributed by atoms with Gasteiger partial charge in [0.05, 0.1) is 12.6 Å². The second kappa shape index (κ2) is 4.30. The molecule has 5 heteroatoms. The SMILES string of the molecule is COc1ccc(C)c2c(-c3cc(N)on3)c(C)n(C)c12. The Labute approximate surface area is 116 Å². The van der Waals surface area contributed by atoms with Crippen LogP contribution in [0.3, 0.4) is 0 Å². The molecule has 0 saturated heterocycles. The van der Waals surface area contributed by atoms with E-state index in [-0.39, 0.29) is 0 Å². The summed E-state index contributed by atoms with van der Waals surface area (Å²) in [7, 11) is 3.70. The second-order valence-corrected chi connectivity index (χ2v) is 4.94. The van der Waals surface area contributed by atoms with E-state index in [4.69, 9.17) is 15.0 Å². The van der Waals surface area contributed by atoms with Crippen LogP contribution in [0.15, 0.2) is 22.7 Å². The topological polar surface area (TPSA) is 66.2 Å². The number of benzene rings is 1. The molecule has 0 aliphatic rings. The molecule has 0 spiro atoms. The third-order valence-corrected chi connectivity index (χ3v) is 3.80. The van der Waals surface area contributed by atoms with Gasteiger partial charge in [0.1, 0.15) is 11.4 Å². The molecule has 0 radical (unpaired) electrons. The van der Waals surface area contributed by atoms with Gasteiger partial charge < -0.3 is 19.6 Å². The Morgan fingerprint density at radius 2 is 2.05 bits per heavy atom. The Morgan fingerprint density at radius 1 is 1.30 bits per heavy atom. The van der Waals surface area contributed by atoms with Gasteiger partial charge in [-0.1, -0.05) is 11.2 Å². The summed E-state index contributed by atoms with van der Waals surface area (Å²) in [6.07, 6.45) is 0. The van der Waals surface area contributed by atoms with Gasteiger partial charge in [-0.05, 0) is 25.5 Å². The van der Waals surface area contributed by atoms with Crippen LogP contribution < -0.4 is 10.5 Å². The summed E-state index contributed by atoms with van der Waals surface area (Å²) in [5.41, 5.74) is 10.8. The number of methoxy groups -OCH3 is 1. The van der Waals surface area contributed by atoms with E-state index in [0.717, 1.165) is 33.6 Å². The fraction of sp³-hybridized carbons (Fsp3) is 0.267. The zero-order valence-corrected chi connectivity index (χ0v) is 12.0. The van der Waals surface area contributed by atoms with Crippen molar-refractivity contribution in [3.8, 4) is 17.0 Å². The lowest BCUT2D eigenvalue weighted by molar-refractivity contribution is 0.417. The molecule has 2 heterocycles. The Kier molecular flexibility index (Phi) is 2.71. The quantitative estimate of drug-likeness (QED) is 0.778. The number of aromatic nitrogens is 2. The lowest BCUT2D eigenvalue weighted by Gasteiger charge is -2.06. The third-order valence-electron chi connectivity index (χ3n) is 3.80. The number of nitrogen functional groups attached to an aromatic ring is 1. The molecule has 20 heavy (non-hydrogen) atoms. The smallest absolute Gasteiger partial charge is 0.222 e. The molecule has 2 N–H and O–H groups in total. The number of anilines is 1. The van der Waals surface area contributed by atoms with Crippen LogP contribution in [0.5, 0.6) is 5.75 Å². The molecule has 3 rings (SSSR count). The predicted octanol–water partition coefficient (Wildman–Crippen LogP) is 3.04. The van der Waals surface area contributed by atoms with Gasteiger partial charge in [0, 0.05) is 29.8 Å². The molecule has 1 aromatic carbocycles. The van der Waals surface area contributed by atoms with E-state index >= 15 is 0 Å². The van der Waals surface area contributed by atoms with Crippen LogP contribution >= 0.6 is 0 Å². The molecule has 0 unspecified atom stereocenters. The Bertz CT molecular complexity index is 799. The van der Waals surface area contributed by atoms with Crippen molar-refractivity contribution in [2.24, 2.45) is 7.05 Å². The Balaban J connectivity index is 2.46. The van der Waals surface area contributed by atoms with Crippen molar-refractivity contribution < 1.29 is 9.26 Å². The van der Waals surface area contributed by atoms with Crippen molar-refractivity contribution in [3.63, 3.8) is 0 Å². The highest BCUT2D eigenvalue weighted by Crippen LogP contribution is 2.39. The highest BCUT2D eigenvalue weighted by Gasteiger charge is 2.20. The number of hydrogen-bond donors (Lipinski definition) is 1. The standard InChI is InChI=1S/C15H17N3O2/c1-8-5-6-11(19-4)15-13(8)14(9(2)18(15)3)10-7-12(16)20-17-10/h5-7H,16H2,1-4H3. The van der Waals surface area contributed by atoms with Crippen molar-refractivity contribution >= 4 is 16.8 Å². The minimum atomic E-state index is 0.317. The lowest BCUT2D eigenvalue weighted by Crippen LogP contribution is -1.93. The molecule has 0 amide bonds. The molecule has 0 bridgehead atoms. The lowest BCUT2D eigenvalue weighted by atomic mass is 10.0. The average Bonchev–Trinajstić information content (AvgIpc) is 2.95. The summed E-state index contributed by atoms with van der Waals surface area (Å²) >= 11 is 0. The van der Waals surface area contributed by atoms with Crippen molar-refractivity contribution in [1.29, 1.82) is 0 Å². The molecule has 0 aliphatic heterocycles. The van der Waals surface area contributed by atoms with Crippen LogP contribution in [-0.4, -0.2) is 16.8 Å². The summed E-state index contributed by atoms with van der Waals surface area (Å²) in [5, 5.41) is 5.18. The molecular formula is C15H17N3O2. The molecule has 3 aromatic rings. The molecule has 0 aliphatic carbocycles. The number of hydrogen-bond acceptors (Lipinski definition) is 4. The summed E-state index contributed by atoms with van der Waals surface area (Å²) in [6.45, 7) is 4.13. The van der Waals surface area contributed by atoms with Crippen molar-refractivity contribution in [2.75, 3.05) is 12.8 Å². The van der Waals surface area contributed by atoms with Crippen molar-refractivity contribution in [3.05, 3.63) is 29.5 Å². The van der Waals surface area contributed by atoms with E-state index in [1.54, 1.807) is 13.2 Å². The Hall–Kier alpha value is -2.43. The van der Waals surface area contributed by atoms with Gasteiger partial charge in [0.25, 0.3) is 0 Å². The maximum atomic E-state index is 5.65. The first-order valence-electron chi connectivity index (χ1n) is 6.39. The van der Waals surface area contributed by atoms with Crippen LogP contribution in [0, 0.1) is 13.8 Å². The van der Waals surface area contributed by atoms with Gasteiger partial charge in [-0.15, -0.1) is 0 Å². The molecule has 0 atom stereocenters. The molecular weight excluding hydrogens is 254 g/mol. The zero-order valence-electron chi connectivity index (χ0n) is 12.0.